The number of aliphatic hydroxyl groups excluding tert-OH is 1. The molecule has 0 saturated carbocycles. The molecule has 0 aromatic carbocycles. The van der Waals surface area contributed by atoms with Crippen LogP contribution in [0, 0.1) is 5.92 Å². The second-order valence-electron chi connectivity index (χ2n) is 4.48. The molecule has 1 saturated heterocycles. The Hall–Kier alpha value is -1.73. The van der Waals surface area contributed by atoms with Crippen molar-refractivity contribution in [2.75, 3.05) is 18.9 Å². The van der Waals surface area contributed by atoms with Crippen molar-refractivity contribution in [2.45, 2.75) is 19.1 Å². The Morgan fingerprint density at radius 2 is 2.33 bits per heavy atom. The van der Waals surface area contributed by atoms with Gasteiger partial charge in [0.1, 0.15) is 18.1 Å². The number of hydrogen-bond donors (Lipinski definition) is 2. The Morgan fingerprint density at radius 1 is 1.44 bits per heavy atom. The summed E-state index contributed by atoms with van der Waals surface area (Å²) in [4.78, 5) is 12.3. The van der Waals surface area contributed by atoms with Gasteiger partial charge >= 0.3 is 0 Å². The maximum atomic E-state index is 8.94. The van der Waals surface area contributed by atoms with Gasteiger partial charge in [0.15, 0.2) is 11.5 Å². The van der Waals surface area contributed by atoms with Crippen molar-refractivity contribution in [1.29, 1.82) is 0 Å². The van der Waals surface area contributed by atoms with Gasteiger partial charge < -0.3 is 15.6 Å². The largest absolute Gasteiger partial charge is 0.396 e. The van der Waals surface area contributed by atoms with Gasteiger partial charge in [-0.3, -0.25) is 4.57 Å². The third-order valence-corrected chi connectivity index (χ3v) is 3.29. The van der Waals surface area contributed by atoms with Gasteiger partial charge in [-0.15, -0.1) is 0 Å². The summed E-state index contributed by atoms with van der Waals surface area (Å²) in [5.74, 6) is 0.764. The zero-order valence-corrected chi connectivity index (χ0v) is 9.86. The van der Waals surface area contributed by atoms with E-state index in [2.05, 4.69) is 15.0 Å². The molecule has 96 valence electrons. The van der Waals surface area contributed by atoms with E-state index in [4.69, 9.17) is 15.6 Å². The van der Waals surface area contributed by atoms with Gasteiger partial charge in [0.05, 0.1) is 12.9 Å². The predicted octanol–water partition coefficient (Wildman–Crippen LogP) is 0.326. The van der Waals surface area contributed by atoms with E-state index in [1.54, 1.807) is 6.33 Å². The van der Waals surface area contributed by atoms with Crippen molar-refractivity contribution in [3.05, 3.63) is 12.7 Å². The molecule has 0 bridgehead atoms. The molecular formula is C11H15N5O2. The second kappa shape index (κ2) is 4.51. The minimum absolute atomic E-state index is 0.0825. The quantitative estimate of drug-likeness (QED) is 0.813. The molecule has 0 unspecified atom stereocenters. The van der Waals surface area contributed by atoms with Gasteiger partial charge in [-0.2, -0.15) is 0 Å². The van der Waals surface area contributed by atoms with E-state index in [0.717, 1.165) is 12.8 Å². The molecule has 0 aliphatic carbocycles. The van der Waals surface area contributed by atoms with E-state index < -0.39 is 0 Å². The lowest BCUT2D eigenvalue weighted by Gasteiger charge is -2.11. The minimum Gasteiger partial charge on any atom is -0.396 e. The maximum absolute atomic E-state index is 8.94. The maximum Gasteiger partial charge on any atom is 0.167 e. The van der Waals surface area contributed by atoms with Crippen molar-refractivity contribution in [3.63, 3.8) is 0 Å². The van der Waals surface area contributed by atoms with Crippen molar-refractivity contribution < 1.29 is 9.84 Å². The van der Waals surface area contributed by atoms with E-state index in [9.17, 15) is 0 Å². The number of nitrogens with zero attached hydrogens (tertiary/aromatic N) is 4. The lowest BCUT2D eigenvalue weighted by Crippen LogP contribution is -2.07. The molecular weight excluding hydrogens is 234 g/mol. The highest BCUT2D eigenvalue weighted by Crippen LogP contribution is 2.31. The number of aliphatic hydroxyl groups is 1. The van der Waals surface area contributed by atoms with Crippen LogP contribution in [0.1, 0.15) is 19.1 Å². The molecule has 0 amide bonds. The average molecular weight is 249 g/mol. The summed E-state index contributed by atoms with van der Waals surface area (Å²) in [5.41, 5.74) is 7.04. The summed E-state index contributed by atoms with van der Waals surface area (Å²) in [6, 6.07) is 0. The fourth-order valence-corrected chi connectivity index (χ4v) is 2.33. The Labute approximate surface area is 104 Å². The van der Waals surface area contributed by atoms with Crippen molar-refractivity contribution in [1.82, 2.24) is 19.5 Å². The van der Waals surface area contributed by atoms with Crippen LogP contribution in [0.2, 0.25) is 0 Å². The summed E-state index contributed by atoms with van der Waals surface area (Å²) in [5, 5.41) is 8.94. The normalized spacial score (nSPS) is 23.8. The zero-order valence-electron chi connectivity index (χ0n) is 9.86. The highest BCUT2D eigenvalue weighted by atomic mass is 16.5. The molecule has 0 radical (unpaired) electrons. The SMILES string of the molecule is Nc1ncnc2c1ncn2[C@H]1C[C@H](CCO)CO1. The standard InChI is InChI=1S/C11H15N5O2/c12-10-9-11(14-5-13-10)16(6-15-9)8-3-7(1-2-17)4-18-8/h5-8,17H,1-4H2,(H2,12,13,14)/t7-,8+/m0/s1. The smallest absolute Gasteiger partial charge is 0.167 e. The van der Waals surface area contributed by atoms with Crippen LogP contribution in [-0.4, -0.2) is 37.8 Å². The molecule has 3 heterocycles. The zero-order chi connectivity index (χ0) is 12.5. The molecule has 2 aromatic heterocycles. The monoisotopic (exact) mass is 249 g/mol. The van der Waals surface area contributed by atoms with Gasteiger partial charge in [0.25, 0.3) is 0 Å². The summed E-state index contributed by atoms with van der Waals surface area (Å²) in [6.45, 7) is 0.853. The van der Waals surface area contributed by atoms with Crippen molar-refractivity contribution in [3.8, 4) is 0 Å². The van der Waals surface area contributed by atoms with Crippen LogP contribution < -0.4 is 5.73 Å². The lowest BCUT2D eigenvalue weighted by molar-refractivity contribution is 0.0563. The van der Waals surface area contributed by atoms with Gasteiger partial charge in [-0.1, -0.05) is 0 Å². The number of anilines is 1. The Bertz CT molecular complexity index is 555. The number of hydrogen-bond acceptors (Lipinski definition) is 6. The number of aromatic nitrogens is 4. The second-order valence-corrected chi connectivity index (χ2v) is 4.48. The van der Waals surface area contributed by atoms with Crippen LogP contribution in [0.15, 0.2) is 12.7 Å². The molecule has 1 aliphatic heterocycles. The predicted molar refractivity (Wildman–Crippen MR) is 64.5 cm³/mol. The van der Waals surface area contributed by atoms with Crippen LogP contribution in [0.25, 0.3) is 11.2 Å². The van der Waals surface area contributed by atoms with Gasteiger partial charge in [0, 0.05) is 6.61 Å². The van der Waals surface area contributed by atoms with Gasteiger partial charge in [-0.05, 0) is 18.8 Å². The number of rotatable bonds is 3. The van der Waals surface area contributed by atoms with E-state index in [1.807, 2.05) is 4.57 Å². The Balaban J connectivity index is 1.89. The number of nitrogen functional groups attached to an aromatic ring is 1. The van der Waals surface area contributed by atoms with Crippen LogP contribution in [0.4, 0.5) is 5.82 Å². The molecule has 1 aliphatic rings. The number of nitrogens with two attached hydrogens (primary N) is 1. The minimum atomic E-state index is -0.0825. The molecule has 18 heavy (non-hydrogen) atoms. The first-order valence-electron chi connectivity index (χ1n) is 5.95. The Morgan fingerprint density at radius 3 is 3.17 bits per heavy atom. The van der Waals surface area contributed by atoms with Gasteiger partial charge in [0.2, 0.25) is 0 Å². The third kappa shape index (κ3) is 1.81. The average Bonchev–Trinajstić information content (AvgIpc) is 2.96. The highest BCUT2D eigenvalue weighted by Gasteiger charge is 2.27. The summed E-state index contributed by atoms with van der Waals surface area (Å²) in [7, 11) is 0. The fourth-order valence-electron chi connectivity index (χ4n) is 2.33. The van der Waals surface area contributed by atoms with Crippen molar-refractivity contribution in [2.24, 2.45) is 5.92 Å². The number of fused-ring (bicyclic) bond motifs is 1. The fraction of sp³-hybridized carbons (Fsp3) is 0.545. The van der Waals surface area contributed by atoms with Crippen LogP contribution >= 0.6 is 0 Å². The van der Waals surface area contributed by atoms with Crippen LogP contribution in [0.3, 0.4) is 0 Å². The number of ether oxygens (including phenoxy) is 1. The van der Waals surface area contributed by atoms with Crippen molar-refractivity contribution >= 4 is 17.0 Å². The van der Waals surface area contributed by atoms with Crippen LogP contribution in [-0.2, 0) is 4.74 Å². The molecule has 2 atom stereocenters. The first-order valence-corrected chi connectivity index (χ1v) is 5.95. The summed E-state index contributed by atoms with van der Waals surface area (Å²) in [6.07, 6.45) is 4.65. The highest BCUT2D eigenvalue weighted by molar-refractivity contribution is 5.81. The molecule has 2 aromatic rings. The molecule has 7 heteroatoms. The molecule has 0 spiro atoms. The first kappa shape index (κ1) is 11.4. The van der Waals surface area contributed by atoms with Gasteiger partial charge in [-0.25, -0.2) is 15.0 Å². The molecule has 1 fully saturated rings. The van der Waals surface area contributed by atoms with E-state index in [0.29, 0.717) is 29.5 Å². The molecule has 7 nitrogen and oxygen atoms in total. The third-order valence-electron chi connectivity index (χ3n) is 3.29. The van der Waals surface area contributed by atoms with E-state index >= 15 is 0 Å². The van der Waals surface area contributed by atoms with E-state index in [1.165, 1.54) is 6.33 Å². The lowest BCUT2D eigenvalue weighted by atomic mass is 10.1. The summed E-state index contributed by atoms with van der Waals surface area (Å²) < 4.78 is 7.60. The summed E-state index contributed by atoms with van der Waals surface area (Å²) >= 11 is 0. The first-order chi connectivity index (χ1) is 8.79. The number of imidazole rings is 1. The van der Waals surface area contributed by atoms with Crippen LogP contribution in [0.5, 0.6) is 0 Å². The Kier molecular flexibility index (Phi) is 2.85. The molecule has 3 rings (SSSR count). The topological polar surface area (TPSA) is 99.1 Å². The van der Waals surface area contributed by atoms with E-state index in [-0.39, 0.29) is 12.8 Å². The molecule has 3 N–H and O–H groups in total.